The standard InChI is InChI=1S/C15H12N2O7.C9H8ClNO4/c1-10(23-13-6-2-11(3-7-13)16(19)20)15(18)24-14-8-4-12(5-9-14)17(21)22;1-6(9(10)12)15-8-4-2-7(3-5-8)11(13)14/h2-10H,1H3;2-6H,1H3. The predicted octanol–water partition coefficient (Wildman–Crippen LogP) is 5.00. The molecule has 3 aromatic carbocycles. The molecular weight excluding hydrogens is 542 g/mol. The zero-order valence-corrected chi connectivity index (χ0v) is 21.0. The molecule has 39 heavy (non-hydrogen) atoms. The van der Waals surface area contributed by atoms with Gasteiger partial charge in [0.1, 0.15) is 17.2 Å². The van der Waals surface area contributed by atoms with Crippen LogP contribution in [0.15, 0.2) is 72.8 Å². The van der Waals surface area contributed by atoms with Crippen LogP contribution < -0.4 is 14.2 Å². The van der Waals surface area contributed by atoms with Crippen LogP contribution in [0.2, 0.25) is 0 Å². The summed E-state index contributed by atoms with van der Waals surface area (Å²) in [7, 11) is 0. The largest absolute Gasteiger partial charge is 0.482 e. The minimum absolute atomic E-state index is 0.0350. The molecule has 0 aliphatic rings. The highest BCUT2D eigenvalue weighted by atomic mass is 35.5. The molecule has 204 valence electrons. The average Bonchev–Trinajstić information content (AvgIpc) is 2.89. The summed E-state index contributed by atoms with van der Waals surface area (Å²) in [4.78, 5) is 52.4. The fourth-order valence-corrected chi connectivity index (χ4v) is 2.68. The van der Waals surface area contributed by atoms with E-state index in [9.17, 15) is 39.9 Å². The van der Waals surface area contributed by atoms with Crippen molar-refractivity contribution in [2.45, 2.75) is 26.1 Å². The fourth-order valence-electron chi connectivity index (χ4n) is 2.63. The van der Waals surface area contributed by atoms with Crippen LogP contribution in [0.5, 0.6) is 17.2 Å². The van der Waals surface area contributed by atoms with Crippen LogP contribution in [0.1, 0.15) is 13.8 Å². The van der Waals surface area contributed by atoms with E-state index in [0.717, 1.165) is 0 Å². The molecule has 0 radical (unpaired) electrons. The second-order valence-electron chi connectivity index (χ2n) is 7.50. The van der Waals surface area contributed by atoms with Crippen molar-refractivity contribution in [2.75, 3.05) is 0 Å². The summed E-state index contributed by atoms with van der Waals surface area (Å²) in [6.45, 7) is 2.95. The lowest BCUT2D eigenvalue weighted by atomic mass is 10.3. The van der Waals surface area contributed by atoms with E-state index < -0.39 is 38.2 Å². The van der Waals surface area contributed by atoms with Gasteiger partial charge in [0.05, 0.1) is 14.8 Å². The van der Waals surface area contributed by atoms with Crippen molar-refractivity contribution < 1.29 is 38.6 Å². The van der Waals surface area contributed by atoms with E-state index >= 15 is 0 Å². The van der Waals surface area contributed by atoms with Crippen LogP contribution in [-0.4, -0.2) is 38.2 Å². The summed E-state index contributed by atoms with van der Waals surface area (Å²) in [5.74, 6) is 0.0720. The van der Waals surface area contributed by atoms with Gasteiger partial charge in [0.25, 0.3) is 22.3 Å². The number of halogens is 1. The van der Waals surface area contributed by atoms with Crippen molar-refractivity contribution in [1.82, 2.24) is 0 Å². The molecule has 0 aliphatic carbocycles. The molecule has 2 unspecified atom stereocenters. The minimum atomic E-state index is -0.971. The van der Waals surface area contributed by atoms with Crippen LogP contribution in [0, 0.1) is 30.3 Å². The number of carbonyl (C=O) groups excluding carboxylic acids is 2. The summed E-state index contributed by atoms with van der Waals surface area (Å²) in [5, 5.41) is 30.8. The van der Waals surface area contributed by atoms with E-state index in [2.05, 4.69) is 0 Å². The minimum Gasteiger partial charge on any atom is -0.482 e. The fraction of sp³-hybridized carbons (Fsp3) is 0.167. The quantitative estimate of drug-likeness (QED) is 0.106. The first kappa shape index (κ1) is 30.1. The first-order valence-electron chi connectivity index (χ1n) is 10.8. The third-order valence-corrected chi connectivity index (χ3v) is 4.95. The number of benzene rings is 3. The van der Waals surface area contributed by atoms with Gasteiger partial charge in [-0.15, -0.1) is 0 Å². The second-order valence-corrected chi connectivity index (χ2v) is 7.87. The monoisotopic (exact) mass is 561 g/mol. The molecule has 0 amide bonds. The number of hydrogen-bond donors (Lipinski definition) is 0. The Morgan fingerprint density at radius 2 is 0.923 bits per heavy atom. The van der Waals surface area contributed by atoms with Gasteiger partial charge in [0, 0.05) is 36.4 Å². The number of ether oxygens (including phenoxy) is 3. The molecular formula is C24H20ClN3O11. The van der Waals surface area contributed by atoms with Gasteiger partial charge in [0.2, 0.25) is 0 Å². The molecule has 0 spiro atoms. The Morgan fingerprint density at radius 1 is 0.615 bits per heavy atom. The van der Waals surface area contributed by atoms with E-state index in [1.807, 2.05) is 0 Å². The number of nitrogens with zero attached hydrogens (tertiary/aromatic N) is 3. The number of non-ortho nitro benzene ring substituents is 3. The summed E-state index contributed by atoms with van der Waals surface area (Å²) < 4.78 is 15.5. The lowest BCUT2D eigenvalue weighted by Gasteiger charge is -2.13. The highest BCUT2D eigenvalue weighted by Gasteiger charge is 2.18. The topological polar surface area (TPSA) is 191 Å². The second kappa shape index (κ2) is 14.0. The molecule has 0 saturated carbocycles. The van der Waals surface area contributed by atoms with Crippen LogP contribution >= 0.6 is 11.6 Å². The smallest absolute Gasteiger partial charge is 0.352 e. The van der Waals surface area contributed by atoms with E-state index in [0.29, 0.717) is 5.75 Å². The van der Waals surface area contributed by atoms with Gasteiger partial charge >= 0.3 is 5.97 Å². The number of hydrogen-bond acceptors (Lipinski definition) is 11. The third kappa shape index (κ3) is 9.70. The number of esters is 1. The molecule has 0 fully saturated rings. The van der Waals surface area contributed by atoms with E-state index in [1.165, 1.54) is 86.6 Å². The van der Waals surface area contributed by atoms with E-state index in [4.69, 9.17) is 25.8 Å². The Kier molecular flexibility index (Phi) is 10.8. The molecule has 0 bridgehead atoms. The average molecular weight is 562 g/mol. The maximum absolute atomic E-state index is 11.9. The number of nitro groups is 3. The maximum atomic E-state index is 11.9. The molecule has 0 N–H and O–H groups in total. The van der Waals surface area contributed by atoms with Gasteiger partial charge in [-0.3, -0.25) is 35.1 Å². The lowest BCUT2D eigenvalue weighted by molar-refractivity contribution is -0.385. The Bertz CT molecular complexity index is 1330. The normalized spacial score (nSPS) is 11.6. The number of carbonyl (C=O) groups is 2. The van der Waals surface area contributed by atoms with Crippen molar-refractivity contribution in [1.29, 1.82) is 0 Å². The SMILES string of the molecule is CC(Oc1ccc([N+](=O)[O-])cc1)C(=O)Cl.CC(Oc1ccc([N+](=O)[O-])cc1)C(=O)Oc1ccc([N+](=O)[O-])cc1. The molecule has 15 heteroatoms. The summed E-state index contributed by atoms with van der Waals surface area (Å²) in [6, 6.07) is 15.7. The first-order valence-corrected chi connectivity index (χ1v) is 11.2. The predicted molar refractivity (Wildman–Crippen MR) is 136 cm³/mol. The lowest BCUT2D eigenvalue weighted by Crippen LogP contribution is -2.28. The van der Waals surface area contributed by atoms with E-state index in [1.54, 1.807) is 0 Å². The molecule has 0 saturated heterocycles. The zero-order valence-electron chi connectivity index (χ0n) is 20.3. The van der Waals surface area contributed by atoms with Crippen LogP contribution in [0.3, 0.4) is 0 Å². The molecule has 3 rings (SSSR count). The highest BCUT2D eigenvalue weighted by Crippen LogP contribution is 2.21. The highest BCUT2D eigenvalue weighted by molar-refractivity contribution is 6.64. The van der Waals surface area contributed by atoms with Gasteiger partial charge < -0.3 is 14.2 Å². The molecule has 3 aromatic rings. The number of nitro benzene ring substituents is 3. The Balaban J connectivity index is 0.000000306. The third-order valence-electron chi connectivity index (χ3n) is 4.64. The van der Waals surface area contributed by atoms with E-state index in [-0.39, 0.29) is 28.6 Å². The van der Waals surface area contributed by atoms with Crippen LogP contribution in [0.4, 0.5) is 17.1 Å². The van der Waals surface area contributed by atoms with Crippen molar-refractivity contribution >= 4 is 39.9 Å². The summed E-state index contributed by atoms with van der Waals surface area (Å²) in [5.41, 5.74) is -0.249. The molecule has 0 heterocycles. The summed E-state index contributed by atoms with van der Waals surface area (Å²) >= 11 is 5.19. The zero-order chi connectivity index (χ0) is 29.1. The van der Waals surface area contributed by atoms with Crippen molar-refractivity contribution in [2.24, 2.45) is 0 Å². The van der Waals surface area contributed by atoms with Crippen LogP contribution in [-0.2, 0) is 9.59 Å². The van der Waals surface area contributed by atoms with Gasteiger partial charge in [-0.2, -0.15) is 0 Å². The number of rotatable bonds is 10. The Morgan fingerprint density at radius 3 is 1.23 bits per heavy atom. The van der Waals surface area contributed by atoms with Crippen molar-refractivity contribution in [3.8, 4) is 17.2 Å². The molecule has 2 atom stereocenters. The van der Waals surface area contributed by atoms with Gasteiger partial charge in [-0.05, 0) is 61.8 Å². The van der Waals surface area contributed by atoms with Gasteiger partial charge in [-0.1, -0.05) is 0 Å². The van der Waals surface area contributed by atoms with Crippen molar-refractivity contribution in [3.05, 3.63) is 103 Å². The molecule has 14 nitrogen and oxygen atoms in total. The Labute approximate surface area is 225 Å². The van der Waals surface area contributed by atoms with Gasteiger partial charge in [-0.25, -0.2) is 4.79 Å². The molecule has 0 aliphatic heterocycles. The Hall–Kier alpha value is -5.11. The molecule has 0 aromatic heterocycles. The van der Waals surface area contributed by atoms with Gasteiger partial charge in [0.15, 0.2) is 12.2 Å². The maximum Gasteiger partial charge on any atom is 0.352 e. The summed E-state index contributed by atoms with van der Waals surface area (Å²) in [6.07, 6.45) is -1.74. The van der Waals surface area contributed by atoms with Crippen LogP contribution in [0.25, 0.3) is 0 Å². The van der Waals surface area contributed by atoms with Crippen molar-refractivity contribution in [3.63, 3.8) is 0 Å². The first-order chi connectivity index (χ1) is 18.4.